The van der Waals surface area contributed by atoms with Crippen LogP contribution >= 0.6 is 0 Å². The minimum Gasteiger partial charge on any atom is -0.392 e. The van der Waals surface area contributed by atoms with Crippen molar-refractivity contribution in [3.63, 3.8) is 0 Å². The second-order valence-electron chi connectivity index (χ2n) is 11.0. The fraction of sp³-hybridized carbons (Fsp3) is 1.00. The van der Waals surface area contributed by atoms with E-state index >= 15 is 0 Å². The van der Waals surface area contributed by atoms with Crippen LogP contribution in [0.4, 0.5) is 0 Å². The first kappa shape index (κ1) is 33.6. The summed E-state index contributed by atoms with van der Waals surface area (Å²) < 4.78 is 0. The second kappa shape index (κ2) is 18.8. The normalized spacial score (nSPS) is 20.2. The lowest BCUT2D eigenvalue weighted by molar-refractivity contribution is 0.0550. The average Bonchev–Trinajstić information content (AvgIpc) is 2.78. The molecule has 5 atom stereocenters. The molecule has 1 saturated heterocycles. The van der Waals surface area contributed by atoms with Gasteiger partial charge in [-0.2, -0.15) is 0 Å². The van der Waals surface area contributed by atoms with Gasteiger partial charge >= 0.3 is 0 Å². The Morgan fingerprint density at radius 1 is 0.528 bits per heavy atom. The molecular weight excluding hydrogens is 462 g/mol. The predicted molar refractivity (Wildman–Crippen MR) is 145 cm³/mol. The summed E-state index contributed by atoms with van der Waals surface area (Å²) in [6.07, 6.45) is -1.32. The van der Waals surface area contributed by atoms with Crippen LogP contribution in [0.3, 0.4) is 0 Å². The van der Waals surface area contributed by atoms with Gasteiger partial charge < -0.3 is 25.5 Å². The lowest BCUT2D eigenvalue weighted by Crippen LogP contribution is -2.51. The number of hydrogen-bond donors (Lipinski definition) is 5. The smallest absolute Gasteiger partial charge is 0.0664 e. The van der Waals surface area contributed by atoms with Gasteiger partial charge in [-0.3, -0.25) is 24.5 Å². The SMILES string of the molecule is CCC(O)CN(CCN1CCN(CCN(CC(C)O)CC(C)O)CC1)CCN(CC(C)O)CC(C)O. The van der Waals surface area contributed by atoms with Gasteiger partial charge in [-0.1, -0.05) is 6.92 Å². The van der Waals surface area contributed by atoms with Crippen LogP contribution in [-0.4, -0.2) is 179 Å². The Morgan fingerprint density at radius 3 is 1.22 bits per heavy atom. The molecule has 10 nitrogen and oxygen atoms in total. The minimum absolute atomic E-state index is 0.352. The molecule has 0 amide bonds. The van der Waals surface area contributed by atoms with Crippen LogP contribution in [0.1, 0.15) is 41.0 Å². The first-order chi connectivity index (χ1) is 17.0. The number of rotatable bonds is 20. The van der Waals surface area contributed by atoms with Crippen molar-refractivity contribution in [1.82, 2.24) is 24.5 Å². The highest BCUT2D eigenvalue weighted by atomic mass is 16.3. The highest BCUT2D eigenvalue weighted by Gasteiger charge is 2.20. The van der Waals surface area contributed by atoms with Gasteiger partial charge in [0.1, 0.15) is 0 Å². The van der Waals surface area contributed by atoms with Crippen LogP contribution < -0.4 is 0 Å². The first-order valence-electron chi connectivity index (χ1n) is 14.0. The van der Waals surface area contributed by atoms with Crippen molar-refractivity contribution in [2.24, 2.45) is 0 Å². The Kier molecular flexibility index (Phi) is 17.5. The molecule has 0 aromatic carbocycles. The van der Waals surface area contributed by atoms with E-state index in [0.717, 1.165) is 71.9 Å². The van der Waals surface area contributed by atoms with Gasteiger partial charge in [-0.25, -0.2) is 0 Å². The molecule has 5 N–H and O–H groups in total. The van der Waals surface area contributed by atoms with E-state index in [-0.39, 0.29) is 6.10 Å². The molecule has 0 saturated carbocycles. The van der Waals surface area contributed by atoms with E-state index in [0.29, 0.717) is 32.7 Å². The van der Waals surface area contributed by atoms with Gasteiger partial charge in [0.25, 0.3) is 0 Å². The third-order valence-corrected chi connectivity index (χ3v) is 6.69. The fourth-order valence-electron chi connectivity index (χ4n) is 4.82. The van der Waals surface area contributed by atoms with Gasteiger partial charge in [0.15, 0.2) is 0 Å². The Labute approximate surface area is 220 Å². The maximum absolute atomic E-state index is 10.3. The molecule has 1 fully saturated rings. The summed E-state index contributed by atoms with van der Waals surface area (Å²) in [6, 6.07) is 0. The van der Waals surface area contributed by atoms with Crippen LogP contribution in [-0.2, 0) is 0 Å². The molecule has 0 aromatic rings. The third kappa shape index (κ3) is 16.4. The zero-order chi connectivity index (χ0) is 27.1. The van der Waals surface area contributed by atoms with E-state index in [2.05, 4.69) is 24.5 Å². The molecule has 0 spiro atoms. The molecule has 1 aliphatic heterocycles. The summed E-state index contributed by atoms with van der Waals surface area (Å²) >= 11 is 0. The van der Waals surface area contributed by atoms with Gasteiger partial charge in [-0.15, -0.1) is 0 Å². The van der Waals surface area contributed by atoms with Crippen molar-refractivity contribution in [2.75, 3.05) is 98.2 Å². The average molecular weight is 520 g/mol. The largest absolute Gasteiger partial charge is 0.392 e. The standard InChI is InChI=1S/C26H57N5O5/c1-6-26(36)21-29(14-16-31(19-24(4)34)20-25(5)35)13-11-27-7-9-28(10-8-27)12-15-30(17-22(2)32)18-23(3)33/h22-26,32-36H,6-21H2,1-5H3. The summed E-state index contributed by atoms with van der Waals surface area (Å²) in [4.78, 5) is 11.5. The van der Waals surface area contributed by atoms with Crippen LogP contribution in [0.15, 0.2) is 0 Å². The van der Waals surface area contributed by atoms with E-state index in [1.54, 1.807) is 27.7 Å². The topological polar surface area (TPSA) is 117 Å². The molecule has 1 heterocycles. The van der Waals surface area contributed by atoms with E-state index in [1.807, 2.05) is 6.92 Å². The van der Waals surface area contributed by atoms with Crippen molar-refractivity contribution in [2.45, 2.75) is 71.6 Å². The molecule has 1 rings (SSSR count). The van der Waals surface area contributed by atoms with E-state index in [9.17, 15) is 25.5 Å². The highest BCUT2D eigenvalue weighted by molar-refractivity contribution is 4.76. The van der Waals surface area contributed by atoms with Crippen molar-refractivity contribution in [3.8, 4) is 0 Å². The van der Waals surface area contributed by atoms with E-state index in [4.69, 9.17) is 0 Å². The molecule has 10 heteroatoms. The maximum atomic E-state index is 10.3. The summed E-state index contributed by atoms with van der Waals surface area (Å²) in [5.41, 5.74) is 0. The monoisotopic (exact) mass is 519 g/mol. The Bertz CT molecular complexity index is 513. The molecule has 0 aliphatic carbocycles. The first-order valence-corrected chi connectivity index (χ1v) is 14.0. The van der Waals surface area contributed by atoms with Gasteiger partial charge in [0, 0.05) is 98.2 Å². The quantitative estimate of drug-likeness (QED) is 0.134. The maximum Gasteiger partial charge on any atom is 0.0664 e. The predicted octanol–water partition coefficient (Wildman–Crippen LogP) is -1.20. The highest BCUT2D eigenvalue weighted by Crippen LogP contribution is 2.06. The molecule has 0 aromatic heterocycles. The second-order valence-corrected chi connectivity index (χ2v) is 11.0. The van der Waals surface area contributed by atoms with E-state index in [1.165, 1.54) is 0 Å². The molecule has 0 radical (unpaired) electrons. The van der Waals surface area contributed by atoms with Crippen molar-refractivity contribution >= 4 is 0 Å². The minimum atomic E-state index is -0.444. The summed E-state index contributed by atoms with van der Waals surface area (Å²) in [5, 5.41) is 49.4. The number of piperazine rings is 1. The molecular formula is C26H57N5O5. The van der Waals surface area contributed by atoms with Crippen LogP contribution in [0.5, 0.6) is 0 Å². The summed E-state index contributed by atoms with van der Waals surface area (Å²) in [7, 11) is 0. The molecule has 0 bridgehead atoms. The van der Waals surface area contributed by atoms with Crippen LogP contribution in [0.2, 0.25) is 0 Å². The fourth-order valence-corrected chi connectivity index (χ4v) is 4.82. The van der Waals surface area contributed by atoms with Crippen molar-refractivity contribution in [1.29, 1.82) is 0 Å². The van der Waals surface area contributed by atoms with Gasteiger partial charge in [-0.05, 0) is 34.1 Å². The van der Waals surface area contributed by atoms with Crippen molar-refractivity contribution < 1.29 is 25.5 Å². The lowest BCUT2D eigenvalue weighted by atomic mass is 10.2. The Hall–Kier alpha value is -0.400. The van der Waals surface area contributed by atoms with Gasteiger partial charge in [0.05, 0.1) is 30.5 Å². The number of aliphatic hydroxyl groups is 5. The summed E-state index contributed by atoms with van der Waals surface area (Å²) in [6.45, 7) is 21.1. The van der Waals surface area contributed by atoms with Crippen LogP contribution in [0.25, 0.3) is 0 Å². The number of hydrogen-bond acceptors (Lipinski definition) is 10. The van der Waals surface area contributed by atoms with E-state index < -0.39 is 24.4 Å². The number of nitrogens with zero attached hydrogens (tertiary/aromatic N) is 5. The molecule has 1 aliphatic rings. The molecule has 5 unspecified atom stereocenters. The molecule has 216 valence electrons. The lowest BCUT2D eigenvalue weighted by Gasteiger charge is -2.37. The zero-order valence-corrected chi connectivity index (χ0v) is 23.7. The van der Waals surface area contributed by atoms with Crippen LogP contribution in [0, 0.1) is 0 Å². The zero-order valence-electron chi connectivity index (χ0n) is 23.7. The van der Waals surface area contributed by atoms with Crippen molar-refractivity contribution in [3.05, 3.63) is 0 Å². The summed E-state index contributed by atoms with van der Waals surface area (Å²) in [5.74, 6) is 0. The third-order valence-electron chi connectivity index (χ3n) is 6.69. The Morgan fingerprint density at radius 2 is 0.861 bits per heavy atom. The Balaban J connectivity index is 2.48. The molecule has 36 heavy (non-hydrogen) atoms. The van der Waals surface area contributed by atoms with Gasteiger partial charge in [0.2, 0.25) is 0 Å². The number of aliphatic hydroxyl groups excluding tert-OH is 5.